The van der Waals surface area contributed by atoms with E-state index < -0.39 is 6.04 Å². The van der Waals surface area contributed by atoms with Gasteiger partial charge in [0.15, 0.2) is 0 Å². The monoisotopic (exact) mass is 345 g/mol. The fraction of sp³-hybridized carbons (Fsp3) is 0.500. The van der Waals surface area contributed by atoms with Crippen molar-refractivity contribution in [2.45, 2.75) is 51.7 Å². The minimum absolute atomic E-state index is 0.0158. The van der Waals surface area contributed by atoms with Crippen LogP contribution in [-0.4, -0.2) is 40.8 Å². The standard InChI is InChI=1S/C18H27N5O2/c1-18(2,3)22-17(25)23-10-4-5-14(23)16(24)21-11-12-6-8-13(9-7-12)15(19)20/h6-9,14H,4-5,10-11H2,1-3H3,(H3,19,20)(H,21,24)(H,22,25)/t14-/m0/s1. The number of nitrogens with two attached hydrogens (primary N) is 1. The molecule has 1 aromatic rings. The van der Waals surface area contributed by atoms with Gasteiger partial charge in [-0.2, -0.15) is 0 Å². The van der Waals surface area contributed by atoms with Crippen LogP contribution in [0.3, 0.4) is 0 Å². The maximum absolute atomic E-state index is 12.5. The summed E-state index contributed by atoms with van der Waals surface area (Å²) in [6.45, 7) is 6.72. The molecule has 136 valence electrons. The van der Waals surface area contributed by atoms with Crippen molar-refractivity contribution >= 4 is 17.8 Å². The number of hydrogen-bond acceptors (Lipinski definition) is 3. The highest BCUT2D eigenvalue weighted by atomic mass is 16.2. The number of urea groups is 1. The van der Waals surface area contributed by atoms with Crippen molar-refractivity contribution in [3.8, 4) is 0 Å². The summed E-state index contributed by atoms with van der Waals surface area (Å²) in [5.74, 6) is -0.126. The Morgan fingerprint density at radius 2 is 1.92 bits per heavy atom. The lowest BCUT2D eigenvalue weighted by Crippen LogP contribution is -2.53. The van der Waals surface area contributed by atoms with Crippen LogP contribution in [0.2, 0.25) is 0 Å². The molecule has 25 heavy (non-hydrogen) atoms. The molecule has 1 heterocycles. The van der Waals surface area contributed by atoms with Crippen LogP contribution in [-0.2, 0) is 11.3 Å². The summed E-state index contributed by atoms with van der Waals surface area (Å²) in [5.41, 5.74) is 6.66. The van der Waals surface area contributed by atoms with E-state index in [9.17, 15) is 9.59 Å². The first-order valence-corrected chi connectivity index (χ1v) is 8.47. The average molecular weight is 345 g/mol. The van der Waals surface area contributed by atoms with E-state index in [-0.39, 0.29) is 23.3 Å². The molecule has 0 radical (unpaired) electrons. The SMILES string of the molecule is CC(C)(C)NC(=O)N1CCC[C@H]1C(=O)NCc1ccc(C(=N)N)cc1. The van der Waals surface area contributed by atoms with Crippen molar-refractivity contribution in [3.05, 3.63) is 35.4 Å². The molecule has 7 heteroatoms. The molecule has 7 nitrogen and oxygen atoms in total. The van der Waals surface area contributed by atoms with Gasteiger partial charge >= 0.3 is 6.03 Å². The van der Waals surface area contributed by atoms with Crippen LogP contribution in [0.5, 0.6) is 0 Å². The number of hydrogen-bond donors (Lipinski definition) is 4. The van der Waals surface area contributed by atoms with E-state index in [0.29, 0.717) is 25.1 Å². The topological polar surface area (TPSA) is 111 Å². The highest BCUT2D eigenvalue weighted by Crippen LogP contribution is 2.18. The van der Waals surface area contributed by atoms with E-state index in [4.69, 9.17) is 11.1 Å². The minimum atomic E-state index is -0.432. The van der Waals surface area contributed by atoms with Gasteiger partial charge < -0.3 is 21.3 Å². The van der Waals surface area contributed by atoms with Gasteiger partial charge in [0.1, 0.15) is 11.9 Å². The molecule has 0 spiro atoms. The number of amides is 3. The Labute approximate surface area is 148 Å². The molecule has 5 N–H and O–H groups in total. The summed E-state index contributed by atoms with van der Waals surface area (Å²) in [7, 11) is 0. The summed E-state index contributed by atoms with van der Waals surface area (Å²) < 4.78 is 0. The zero-order valence-corrected chi connectivity index (χ0v) is 15.1. The van der Waals surface area contributed by atoms with Crippen molar-refractivity contribution in [1.82, 2.24) is 15.5 Å². The number of carbonyl (C=O) groups excluding carboxylic acids is 2. The molecule has 1 atom stereocenters. The average Bonchev–Trinajstić information content (AvgIpc) is 3.01. The Balaban J connectivity index is 1.93. The molecule has 1 aliphatic heterocycles. The number of nitrogen functional groups attached to an aromatic ring is 1. The molecular weight excluding hydrogens is 318 g/mol. The fourth-order valence-electron chi connectivity index (χ4n) is 2.78. The van der Waals surface area contributed by atoms with Gasteiger partial charge in [0.05, 0.1) is 0 Å². The Bertz CT molecular complexity index is 648. The molecule has 2 rings (SSSR count). The number of amidine groups is 1. The van der Waals surface area contributed by atoms with E-state index in [1.165, 1.54) is 0 Å². The van der Waals surface area contributed by atoms with Gasteiger partial charge in [0.2, 0.25) is 5.91 Å². The number of likely N-dealkylation sites (tertiary alicyclic amines) is 1. The zero-order chi connectivity index (χ0) is 18.6. The number of nitrogens with zero attached hydrogens (tertiary/aromatic N) is 1. The molecule has 3 amide bonds. The maximum atomic E-state index is 12.5. The van der Waals surface area contributed by atoms with Gasteiger partial charge in [0.25, 0.3) is 0 Å². The van der Waals surface area contributed by atoms with Crippen LogP contribution >= 0.6 is 0 Å². The first-order chi connectivity index (χ1) is 11.7. The number of rotatable bonds is 4. The van der Waals surface area contributed by atoms with E-state index in [2.05, 4.69) is 10.6 Å². The third kappa shape index (κ3) is 5.20. The van der Waals surface area contributed by atoms with Crippen molar-refractivity contribution in [2.75, 3.05) is 6.54 Å². The Hall–Kier alpha value is -2.57. The van der Waals surface area contributed by atoms with Crippen LogP contribution in [0.1, 0.15) is 44.7 Å². The molecule has 0 aliphatic carbocycles. The molecular formula is C18H27N5O2. The lowest BCUT2D eigenvalue weighted by atomic mass is 10.1. The maximum Gasteiger partial charge on any atom is 0.318 e. The predicted molar refractivity (Wildman–Crippen MR) is 97.3 cm³/mol. The first kappa shape index (κ1) is 18.8. The van der Waals surface area contributed by atoms with E-state index >= 15 is 0 Å². The predicted octanol–water partition coefficient (Wildman–Crippen LogP) is 1.56. The number of carbonyl (C=O) groups is 2. The molecule has 1 fully saturated rings. The van der Waals surface area contributed by atoms with Crippen molar-refractivity contribution in [2.24, 2.45) is 5.73 Å². The number of nitrogens with one attached hydrogen (secondary N) is 3. The second kappa shape index (κ2) is 7.55. The molecule has 0 saturated carbocycles. The van der Waals surface area contributed by atoms with Crippen LogP contribution in [0.25, 0.3) is 0 Å². The molecule has 1 saturated heterocycles. The Kier molecular flexibility index (Phi) is 5.66. The normalized spacial score (nSPS) is 17.2. The zero-order valence-electron chi connectivity index (χ0n) is 15.1. The van der Waals surface area contributed by atoms with Gasteiger partial charge in [0, 0.05) is 24.2 Å². The van der Waals surface area contributed by atoms with Gasteiger partial charge in [-0.05, 0) is 39.2 Å². The highest BCUT2D eigenvalue weighted by molar-refractivity contribution is 5.94. The Morgan fingerprint density at radius 3 is 2.48 bits per heavy atom. The largest absolute Gasteiger partial charge is 0.384 e. The second-order valence-electron chi connectivity index (χ2n) is 7.36. The quantitative estimate of drug-likeness (QED) is 0.491. The number of benzene rings is 1. The molecule has 1 aliphatic rings. The molecule has 0 unspecified atom stereocenters. The highest BCUT2D eigenvalue weighted by Gasteiger charge is 2.35. The van der Waals surface area contributed by atoms with E-state index in [1.807, 2.05) is 32.9 Å². The van der Waals surface area contributed by atoms with Gasteiger partial charge in [-0.1, -0.05) is 24.3 Å². The summed E-state index contributed by atoms with van der Waals surface area (Å²) in [6.07, 6.45) is 1.50. The van der Waals surface area contributed by atoms with E-state index in [0.717, 1.165) is 12.0 Å². The molecule has 1 aromatic carbocycles. The third-order valence-corrected chi connectivity index (χ3v) is 4.03. The minimum Gasteiger partial charge on any atom is -0.384 e. The third-order valence-electron chi connectivity index (χ3n) is 4.03. The van der Waals surface area contributed by atoms with Crippen molar-refractivity contribution < 1.29 is 9.59 Å². The lowest BCUT2D eigenvalue weighted by molar-refractivity contribution is -0.124. The fourth-order valence-corrected chi connectivity index (χ4v) is 2.78. The van der Waals surface area contributed by atoms with Crippen LogP contribution in [0.15, 0.2) is 24.3 Å². The van der Waals surface area contributed by atoms with Crippen LogP contribution in [0.4, 0.5) is 4.79 Å². The van der Waals surface area contributed by atoms with Crippen molar-refractivity contribution in [1.29, 1.82) is 5.41 Å². The van der Waals surface area contributed by atoms with Crippen LogP contribution in [0, 0.1) is 5.41 Å². The van der Waals surface area contributed by atoms with Crippen LogP contribution < -0.4 is 16.4 Å². The lowest BCUT2D eigenvalue weighted by Gasteiger charge is -2.29. The van der Waals surface area contributed by atoms with E-state index in [1.54, 1.807) is 17.0 Å². The van der Waals surface area contributed by atoms with Gasteiger partial charge in [-0.15, -0.1) is 0 Å². The Morgan fingerprint density at radius 1 is 1.28 bits per heavy atom. The summed E-state index contributed by atoms with van der Waals surface area (Å²) in [4.78, 5) is 26.5. The smallest absolute Gasteiger partial charge is 0.318 e. The summed E-state index contributed by atoms with van der Waals surface area (Å²) in [6, 6.07) is 6.53. The van der Waals surface area contributed by atoms with Gasteiger partial charge in [-0.25, -0.2) is 4.79 Å². The molecule has 0 aromatic heterocycles. The second-order valence-corrected chi connectivity index (χ2v) is 7.36. The first-order valence-electron chi connectivity index (χ1n) is 8.47. The van der Waals surface area contributed by atoms with Crippen molar-refractivity contribution in [3.63, 3.8) is 0 Å². The molecule has 0 bridgehead atoms. The van der Waals surface area contributed by atoms with Gasteiger partial charge in [-0.3, -0.25) is 10.2 Å². The summed E-state index contributed by atoms with van der Waals surface area (Å²) >= 11 is 0. The summed E-state index contributed by atoms with van der Waals surface area (Å²) in [5, 5.41) is 13.2.